The summed E-state index contributed by atoms with van der Waals surface area (Å²) < 4.78 is 28.1. The largest absolute Gasteiger partial charge is 0.368 e. The second kappa shape index (κ2) is 10.8. The number of halogens is 2. The summed E-state index contributed by atoms with van der Waals surface area (Å²) in [4.78, 5) is 17.2. The zero-order valence-electron chi connectivity index (χ0n) is 18.5. The van der Waals surface area contributed by atoms with Gasteiger partial charge in [-0.05, 0) is 48.0 Å². The standard InChI is InChI=1S/C25H25Cl2N3O3S/c26-21-9-11-24(12-10-21)34(32,33)30(18-20-5-2-1-3-6-20)19-25(31)29-15-13-28(14-16-29)23-8-4-7-22(27)17-23/h1-12,17H,13-16,18-19H2. The van der Waals surface area contributed by atoms with Crippen molar-refractivity contribution in [1.82, 2.24) is 9.21 Å². The van der Waals surface area contributed by atoms with Crippen molar-refractivity contribution >= 4 is 44.8 Å². The summed E-state index contributed by atoms with van der Waals surface area (Å²) in [6.07, 6.45) is 0. The number of anilines is 1. The lowest BCUT2D eigenvalue weighted by atomic mass is 10.2. The lowest BCUT2D eigenvalue weighted by molar-refractivity contribution is -0.131. The minimum Gasteiger partial charge on any atom is -0.368 e. The predicted octanol–water partition coefficient (Wildman–Crippen LogP) is 4.53. The molecule has 1 amide bonds. The average Bonchev–Trinajstić information content (AvgIpc) is 2.84. The monoisotopic (exact) mass is 517 g/mol. The highest BCUT2D eigenvalue weighted by Crippen LogP contribution is 2.23. The van der Waals surface area contributed by atoms with Crippen molar-refractivity contribution in [3.05, 3.63) is 94.5 Å². The van der Waals surface area contributed by atoms with Gasteiger partial charge in [0.1, 0.15) is 0 Å². The molecular weight excluding hydrogens is 493 g/mol. The van der Waals surface area contributed by atoms with E-state index in [2.05, 4.69) is 4.90 Å². The van der Waals surface area contributed by atoms with Crippen LogP contribution in [0.2, 0.25) is 10.0 Å². The van der Waals surface area contributed by atoms with Crippen molar-refractivity contribution in [1.29, 1.82) is 0 Å². The molecule has 178 valence electrons. The van der Waals surface area contributed by atoms with Crippen molar-refractivity contribution < 1.29 is 13.2 Å². The number of hydrogen-bond acceptors (Lipinski definition) is 4. The lowest BCUT2D eigenvalue weighted by Gasteiger charge is -2.37. The Labute approximate surface area is 210 Å². The van der Waals surface area contributed by atoms with Gasteiger partial charge in [0, 0.05) is 48.5 Å². The van der Waals surface area contributed by atoms with E-state index in [4.69, 9.17) is 23.2 Å². The van der Waals surface area contributed by atoms with Gasteiger partial charge in [0.2, 0.25) is 15.9 Å². The van der Waals surface area contributed by atoms with E-state index < -0.39 is 10.0 Å². The fraction of sp³-hybridized carbons (Fsp3) is 0.240. The molecule has 0 radical (unpaired) electrons. The molecular formula is C25H25Cl2N3O3S. The van der Waals surface area contributed by atoms with Gasteiger partial charge in [0.15, 0.2) is 0 Å². The second-order valence-electron chi connectivity index (χ2n) is 8.06. The van der Waals surface area contributed by atoms with E-state index >= 15 is 0 Å². The summed E-state index contributed by atoms with van der Waals surface area (Å²) in [6.45, 7) is 2.16. The maximum absolute atomic E-state index is 13.4. The van der Waals surface area contributed by atoms with Gasteiger partial charge in [-0.2, -0.15) is 4.31 Å². The van der Waals surface area contributed by atoms with E-state index in [9.17, 15) is 13.2 Å². The Kier molecular flexibility index (Phi) is 7.78. The van der Waals surface area contributed by atoms with Crippen LogP contribution in [-0.4, -0.2) is 56.3 Å². The minimum atomic E-state index is -3.91. The topological polar surface area (TPSA) is 60.9 Å². The number of rotatable bonds is 7. The number of benzene rings is 3. The third-order valence-electron chi connectivity index (χ3n) is 5.77. The van der Waals surface area contributed by atoms with E-state index in [1.54, 1.807) is 4.90 Å². The van der Waals surface area contributed by atoms with E-state index in [-0.39, 0.29) is 23.9 Å². The smallest absolute Gasteiger partial charge is 0.243 e. The summed E-state index contributed by atoms with van der Waals surface area (Å²) in [7, 11) is -3.91. The maximum atomic E-state index is 13.4. The van der Waals surface area contributed by atoms with Gasteiger partial charge >= 0.3 is 0 Å². The quantitative estimate of drug-likeness (QED) is 0.461. The molecule has 34 heavy (non-hydrogen) atoms. The molecule has 0 aliphatic carbocycles. The van der Waals surface area contributed by atoms with Gasteiger partial charge in [-0.1, -0.05) is 59.6 Å². The number of hydrogen-bond donors (Lipinski definition) is 0. The Bertz CT molecular complexity index is 1230. The number of carbonyl (C=O) groups excluding carboxylic acids is 1. The molecule has 6 nitrogen and oxygen atoms in total. The van der Waals surface area contributed by atoms with E-state index in [0.717, 1.165) is 11.3 Å². The normalized spacial score (nSPS) is 14.4. The summed E-state index contributed by atoms with van der Waals surface area (Å²) in [5.74, 6) is -0.223. The molecule has 3 aromatic rings. The van der Waals surface area contributed by atoms with Gasteiger partial charge in [-0.15, -0.1) is 0 Å². The van der Waals surface area contributed by atoms with Crippen LogP contribution < -0.4 is 4.90 Å². The SMILES string of the molecule is O=C(CN(Cc1ccccc1)S(=O)(=O)c1ccc(Cl)cc1)N1CCN(c2cccc(Cl)c2)CC1. The van der Waals surface area contributed by atoms with Crippen molar-refractivity contribution in [3.8, 4) is 0 Å². The number of nitrogens with zero attached hydrogens (tertiary/aromatic N) is 3. The zero-order chi connectivity index (χ0) is 24.1. The lowest BCUT2D eigenvalue weighted by Crippen LogP contribution is -2.51. The van der Waals surface area contributed by atoms with Gasteiger partial charge in [-0.25, -0.2) is 8.42 Å². The van der Waals surface area contributed by atoms with Crippen molar-refractivity contribution in [2.24, 2.45) is 0 Å². The van der Waals surface area contributed by atoms with Crippen molar-refractivity contribution in [2.75, 3.05) is 37.6 Å². The molecule has 1 saturated heterocycles. The number of amides is 1. The minimum absolute atomic E-state index is 0.0972. The molecule has 1 aliphatic heterocycles. The van der Waals surface area contributed by atoms with Crippen LogP contribution in [0, 0.1) is 0 Å². The molecule has 3 aromatic carbocycles. The van der Waals surface area contributed by atoms with Gasteiger partial charge < -0.3 is 9.80 Å². The molecule has 0 N–H and O–H groups in total. The maximum Gasteiger partial charge on any atom is 0.243 e. The Hall–Kier alpha value is -2.58. The van der Waals surface area contributed by atoms with Crippen LogP contribution in [0.4, 0.5) is 5.69 Å². The fourth-order valence-corrected chi connectivity index (χ4v) is 5.59. The van der Waals surface area contributed by atoms with E-state index in [1.165, 1.54) is 28.6 Å². The van der Waals surface area contributed by atoms with Gasteiger partial charge in [0.25, 0.3) is 0 Å². The first kappa shape index (κ1) is 24.5. The third kappa shape index (κ3) is 5.91. The Morgan fingerprint density at radius 3 is 2.15 bits per heavy atom. The first-order valence-corrected chi connectivity index (χ1v) is 13.1. The third-order valence-corrected chi connectivity index (χ3v) is 8.06. The number of carbonyl (C=O) groups is 1. The summed E-state index contributed by atoms with van der Waals surface area (Å²) in [6, 6.07) is 22.9. The average molecular weight is 518 g/mol. The molecule has 0 aromatic heterocycles. The van der Waals surface area contributed by atoms with Crippen molar-refractivity contribution in [3.63, 3.8) is 0 Å². The summed E-state index contributed by atoms with van der Waals surface area (Å²) in [5, 5.41) is 1.11. The first-order chi connectivity index (χ1) is 16.3. The van der Waals surface area contributed by atoms with Crippen LogP contribution in [0.15, 0.2) is 83.8 Å². The highest BCUT2D eigenvalue weighted by molar-refractivity contribution is 7.89. The van der Waals surface area contributed by atoms with Crippen LogP contribution in [0.25, 0.3) is 0 Å². The van der Waals surface area contributed by atoms with Crippen LogP contribution >= 0.6 is 23.2 Å². The Balaban J connectivity index is 1.48. The van der Waals surface area contributed by atoms with Gasteiger partial charge in [-0.3, -0.25) is 4.79 Å². The molecule has 0 saturated carbocycles. The highest BCUT2D eigenvalue weighted by atomic mass is 35.5. The van der Waals surface area contributed by atoms with Crippen LogP contribution in [0.1, 0.15) is 5.56 Å². The van der Waals surface area contributed by atoms with Crippen LogP contribution in [-0.2, 0) is 21.4 Å². The summed E-state index contributed by atoms with van der Waals surface area (Å²) >= 11 is 12.0. The molecule has 0 atom stereocenters. The molecule has 0 spiro atoms. The molecule has 1 heterocycles. The molecule has 0 unspecified atom stereocenters. The summed E-state index contributed by atoms with van der Waals surface area (Å²) in [5.41, 5.74) is 1.81. The predicted molar refractivity (Wildman–Crippen MR) is 136 cm³/mol. The number of sulfonamides is 1. The van der Waals surface area contributed by atoms with E-state index in [1.807, 2.05) is 54.6 Å². The Morgan fingerprint density at radius 2 is 1.50 bits per heavy atom. The zero-order valence-corrected chi connectivity index (χ0v) is 20.8. The Morgan fingerprint density at radius 1 is 0.824 bits per heavy atom. The van der Waals surface area contributed by atoms with Gasteiger partial charge in [0.05, 0.1) is 11.4 Å². The molecule has 9 heteroatoms. The second-order valence-corrected chi connectivity index (χ2v) is 10.9. The molecule has 0 bridgehead atoms. The van der Waals surface area contributed by atoms with Crippen LogP contribution in [0.5, 0.6) is 0 Å². The fourth-order valence-electron chi connectivity index (χ4n) is 3.91. The first-order valence-electron chi connectivity index (χ1n) is 10.9. The highest BCUT2D eigenvalue weighted by Gasteiger charge is 2.30. The molecule has 1 fully saturated rings. The van der Waals surface area contributed by atoms with Crippen LogP contribution in [0.3, 0.4) is 0 Å². The number of piperazine rings is 1. The molecule has 1 aliphatic rings. The van der Waals surface area contributed by atoms with Crippen molar-refractivity contribution in [2.45, 2.75) is 11.4 Å². The van der Waals surface area contributed by atoms with E-state index in [0.29, 0.717) is 36.2 Å². The molecule has 4 rings (SSSR count).